The van der Waals surface area contributed by atoms with E-state index in [4.69, 9.17) is 11.6 Å². The summed E-state index contributed by atoms with van der Waals surface area (Å²) < 4.78 is 1.98. The molecule has 0 saturated heterocycles. The molecule has 90 valence electrons. The second-order valence-electron chi connectivity index (χ2n) is 4.93. The van der Waals surface area contributed by atoms with E-state index in [0.29, 0.717) is 16.7 Å². The van der Waals surface area contributed by atoms with E-state index < -0.39 is 0 Å². The van der Waals surface area contributed by atoms with Crippen molar-refractivity contribution in [3.63, 3.8) is 0 Å². The molecule has 17 heavy (non-hydrogen) atoms. The highest BCUT2D eigenvalue weighted by molar-refractivity contribution is 6.32. The van der Waals surface area contributed by atoms with Gasteiger partial charge in [-0.25, -0.2) is 4.98 Å². The molecule has 4 nitrogen and oxygen atoms in total. The summed E-state index contributed by atoms with van der Waals surface area (Å²) in [6.07, 6.45) is 8.54. The van der Waals surface area contributed by atoms with E-state index in [-0.39, 0.29) is 0 Å². The molecule has 1 fully saturated rings. The Hall–Kier alpha value is -1.16. The third kappa shape index (κ3) is 1.90. The molecule has 0 radical (unpaired) electrons. The summed E-state index contributed by atoms with van der Waals surface area (Å²) in [7, 11) is 0. The monoisotopic (exact) mass is 250 g/mol. The quantitative estimate of drug-likeness (QED) is 0.781. The average molecular weight is 251 g/mol. The minimum Gasteiger partial charge on any atom is -0.282 e. The first kappa shape index (κ1) is 11.0. The molecular formula is C12H15ClN4. The molecule has 0 spiro atoms. The maximum atomic E-state index is 6.00. The lowest BCUT2D eigenvalue weighted by Gasteiger charge is -2.24. The highest BCUT2D eigenvalue weighted by Crippen LogP contribution is 2.34. The Kier molecular flexibility index (Phi) is 2.74. The zero-order valence-electron chi connectivity index (χ0n) is 9.80. The molecule has 0 bridgehead atoms. The second kappa shape index (κ2) is 4.26. The molecule has 0 N–H and O–H groups in total. The summed E-state index contributed by atoms with van der Waals surface area (Å²) in [6, 6.07) is 0. The number of fused-ring (bicyclic) bond motifs is 1. The third-order valence-electron chi connectivity index (χ3n) is 3.69. The first-order valence-electron chi connectivity index (χ1n) is 6.11. The van der Waals surface area contributed by atoms with Gasteiger partial charge in [-0.05, 0) is 18.8 Å². The molecular weight excluding hydrogens is 236 g/mol. The number of nitrogens with zero attached hydrogens (tertiary/aromatic N) is 4. The topological polar surface area (TPSA) is 43.1 Å². The Morgan fingerprint density at radius 3 is 2.76 bits per heavy atom. The van der Waals surface area contributed by atoms with Crippen molar-refractivity contribution in [1.82, 2.24) is 19.6 Å². The van der Waals surface area contributed by atoms with Gasteiger partial charge in [0.2, 0.25) is 0 Å². The van der Waals surface area contributed by atoms with Gasteiger partial charge in [0.15, 0.2) is 10.8 Å². The van der Waals surface area contributed by atoms with Gasteiger partial charge in [-0.2, -0.15) is 0 Å². The minimum absolute atomic E-state index is 0.426. The largest absolute Gasteiger partial charge is 0.282 e. The van der Waals surface area contributed by atoms with Gasteiger partial charge in [0, 0.05) is 18.3 Å². The standard InChI is InChI=1S/C12H15ClN4/c1-8-2-4-9(5-3-8)11-15-16-12-10(13)14-6-7-17(11)12/h6-9H,2-5H2,1H3/t8-,9-. The smallest absolute Gasteiger partial charge is 0.198 e. The molecule has 2 heterocycles. The van der Waals surface area contributed by atoms with Crippen molar-refractivity contribution in [3.05, 3.63) is 23.4 Å². The van der Waals surface area contributed by atoms with Crippen LogP contribution in [0.15, 0.2) is 12.4 Å². The van der Waals surface area contributed by atoms with Crippen LogP contribution in [-0.4, -0.2) is 19.6 Å². The Balaban J connectivity index is 1.98. The molecule has 2 aromatic heterocycles. The van der Waals surface area contributed by atoms with Crippen molar-refractivity contribution < 1.29 is 0 Å². The highest BCUT2D eigenvalue weighted by atomic mass is 35.5. The summed E-state index contributed by atoms with van der Waals surface area (Å²) in [5.41, 5.74) is 0.669. The molecule has 0 amide bonds. The van der Waals surface area contributed by atoms with Crippen molar-refractivity contribution in [3.8, 4) is 0 Å². The Bertz CT molecular complexity index is 528. The number of rotatable bonds is 1. The summed E-state index contributed by atoms with van der Waals surface area (Å²) in [5, 5.41) is 8.85. The predicted molar refractivity (Wildman–Crippen MR) is 66.2 cm³/mol. The van der Waals surface area contributed by atoms with Crippen LogP contribution in [0.2, 0.25) is 5.15 Å². The van der Waals surface area contributed by atoms with Gasteiger partial charge in [0.05, 0.1) is 0 Å². The van der Waals surface area contributed by atoms with Gasteiger partial charge in [0.1, 0.15) is 5.82 Å². The first-order valence-corrected chi connectivity index (χ1v) is 6.48. The zero-order chi connectivity index (χ0) is 11.8. The van der Waals surface area contributed by atoms with Gasteiger partial charge in [-0.15, -0.1) is 10.2 Å². The average Bonchev–Trinajstić information content (AvgIpc) is 2.75. The maximum absolute atomic E-state index is 6.00. The van der Waals surface area contributed by atoms with Gasteiger partial charge in [-0.3, -0.25) is 4.40 Å². The van der Waals surface area contributed by atoms with Crippen LogP contribution < -0.4 is 0 Å². The number of aromatic nitrogens is 4. The zero-order valence-corrected chi connectivity index (χ0v) is 10.6. The van der Waals surface area contributed by atoms with E-state index in [2.05, 4.69) is 22.1 Å². The number of hydrogen-bond donors (Lipinski definition) is 0. The van der Waals surface area contributed by atoms with Crippen molar-refractivity contribution >= 4 is 17.2 Å². The number of hydrogen-bond acceptors (Lipinski definition) is 3. The maximum Gasteiger partial charge on any atom is 0.198 e. The Morgan fingerprint density at radius 2 is 2.00 bits per heavy atom. The van der Waals surface area contributed by atoms with Crippen molar-refractivity contribution in [1.29, 1.82) is 0 Å². The SMILES string of the molecule is C[C@H]1CC[C@H](c2nnc3c(Cl)nccn32)CC1. The van der Waals surface area contributed by atoms with Crippen LogP contribution in [0.25, 0.3) is 5.65 Å². The van der Waals surface area contributed by atoms with E-state index in [1.54, 1.807) is 6.20 Å². The summed E-state index contributed by atoms with van der Waals surface area (Å²) in [4.78, 5) is 4.02. The summed E-state index contributed by atoms with van der Waals surface area (Å²) >= 11 is 6.00. The minimum atomic E-state index is 0.426. The van der Waals surface area contributed by atoms with Crippen LogP contribution in [0.5, 0.6) is 0 Å². The van der Waals surface area contributed by atoms with Gasteiger partial charge < -0.3 is 0 Å². The fraction of sp³-hybridized carbons (Fsp3) is 0.583. The van der Waals surface area contributed by atoms with Crippen molar-refractivity contribution in [2.45, 2.75) is 38.5 Å². The summed E-state index contributed by atoms with van der Waals surface area (Å²) in [5.74, 6) is 2.39. The lowest BCUT2D eigenvalue weighted by atomic mass is 9.82. The molecule has 0 aromatic carbocycles. The van der Waals surface area contributed by atoms with E-state index >= 15 is 0 Å². The van der Waals surface area contributed by atoms with Crippen LogP contribution in [0.3, 0.4) is 0 Å². The fourth-order valence-electron chi connectivity index (χ4n) is 2.61. The Morgan fingerprint density at radius 1 is 1.24 bits per heavy atom. The molecule has 5 heteroatoms. The van der Waals surface area contributed by atoms with Gasteiger partial charge in [0.25, 0.3) is 0 Å². The van der Waals surface area contributed by atoms with E-state index in [1.165, 1.54) is 25.7 Å². The molecule has 0 atom stereocenters. The van der Waals surface area contributed by atoms with Gasteiger partial charge >= 0.3 is 0 Å². The van der Waals surface area contributed by atoms with Gasteiger partial charge in [-0.1, -0.05) is 31.4 Å². The van der Waals surface area contributed by atoms with Crippen molar-refractivity contribution in [2.24, 2.45) is 5.92 Å². The lowest BCUT2D eigenvalue weighted by Crippen LogP contribution is -2.13. The van der Waals surface area contributed by atoms with E-state index in [0.717, 1.165) is 11.7 Å². The summed E-state index contributed by atoms with van der Waals surface area (Å²) in [6.45, 7) is 2.32. The van der Waals surface area contributed by atoms with E-state index in [9.17, 15) is 0 Å². The second-order valence-corrected chi connectivity index (χ2v) is 5.28. The van der Waals surface area contributed by atoms with Crippen LogP contribution in [-0.2, 0) is 0 Å². The molecule has 1 aliphatic carbocycles. The first-order chi connectivity index (χ1) is 8.25. The van der Waals surface area contributed by atoms with Crippen LogP contribution in [0.4, 0.5) is 0 Å². The highest BCUT2D eigenvalue weighted by Gasteiger charge is 2.24. The van der Waals surface area contributed by atoms with Crippen LogP contribution in [0.1, 0.15) is 44.3 Å². The molecule has 0 unspecified atom stereocenters. The third-order valence-corrected chi connectivity index (χ3v) is 3.96. The Labute approximate surface area is 105 Å². The molecule has 3 rings (SSSR count). The van der Waals surface area contributed by atoms with Crippen molar-refractivity contribution in [2.75, 3.05) is 0 Å². The fourth-order valence-corrected chi connectivity index (χ4v) is 2.80. The number of halogens is 1. The lowest BCUT2D eigenvalue weighted by molar-refractivity contribution is 0.338. The van der Waals surface area contributed by atoms with E-state index in [1.807, 2.05) is 10.6 Å². The normalized spacial score (nSPS) is 25.3. The molecule has 0 aliphatic heterocycles. The molecule has 1 aliphatic rings. The van der Waals surface area contributed by atoms with Crippen LogP contribution in [0, 0.1) is 5.92 Å². The van der Waals surface area contributed by atoms with Crippen LogP contribution >= 0.6 is 11.6 Å². The predicted octanol–water partition coefficient (Wildman–Crippen LogP) is 3.07. The molecule has 2 aromatic rings. The molecule has 1 saturated carbocycles.